The minimum atomic E-state index is 0.604. The van der Waals surface area contributed by atoms with Gasteiger partial charge in [-0.05, 0) is 26.0 Å². The Morgan fingerprint density at radius 3 is 3.00 bits per heavy atom. The first-order valence-electron chi connectivity index (χ1n) is 5.65. The van der Waals surface area contributed by atoms with E-state index in [0.29, 0.717) is 5.92 Å². The van der Waals surface area contributed by atoms with Crippen molar-refractivity contribution in [3.05, 3.63) is 5.82 Å². The molecule has 0 aliphatic carbocycles. The van der Waals surface area contributed by atoms with E-state index in [9.17, 15) is 0 Å². The standard InChI is InChI=1S/C10H18N4S/c1-3-14-9(12-13-10(14)15-2)8-5-4-6-11-7-8/h8,11H,3-7H2,1-2H3/p+1/t8-/m0/s1. The predicted molar refractivity (Wildman–Crippen MR) is 61.1 cm³/mol. The van der Waals surface area contributed by atoms with E-state index in [2.05, 4.69) is 33.3 Å². The lowest BCUT2D eigenvalue weighted by Crippen LogP contribution is -2.86. The molecule has 84 valence electrons. The molecular formula is C10H19N4S+. The van der Waals surface area contributed by atoms with Crippen molar-refractivity contribution in [3.63, 3.8) is 0 Å². The van der Waals surface area contributed by atoms with Crippen LogP contribution in [0.25, 0.3) is 0 Å². The van der Waals surface area contributed by atoms with Crippen LogP contribution < -0.4 is 5.32 Å². The number of hydrogen-bond donors (Lipinski definition) is 1. The zero-order chi connectivity index (χ0) is 10.7. The first kappa shape index (κ1) is 11.0. The lowest BCUT2D eigenvalue weighted by molar-refractivity contribution is -0.665. The lowest BCUT2D eigenvalue weighted by atomic mass is 9.99. The summed E-state index contributed by atoms with van der Waals surface area (Å²) in [6.45, 7) is 5.59. The average molecular weight is 227 g/mol. The maximum atomic E-state index is 4.35. The fraction of sp³-hybridized carbons (Fsp3) is 0.800. The maximum Gasteiger partial charge on any atom is 0.190 e. The quantitative estimate of drug-likeness (QED) is 0.763. The summed E-state index contributed by atoms with van der Waals surface area (Å²) in [6.07, 6.45) is 4.63. The zero-order valence-electron chi connectivity index (χ0n) is 9.44. The van der Waals surface area contributed by atoms with Gasteiger partial charge in [-0.2, -0.15) is 0 Å². The summed E-state index contributed by atoms with van der Waals surface area (Å²) in [7, 11) is 0. The van der Waals surface area contributed by atoms with Crippen molar-refractivity contribution < 1.29 is 5.32 Å². The van der Waals surface area contributed by atoms with Crippen LogP contribution >= 0.6 is 11.8 Å². The van der Waals surface area contributed by atoms with Crippen LogP contribution in [0.2, 0.25) is 0 Å². The number of rotatable bonds is 3. The van der Waals surface area contributed by atoms with Crippen molar-refractivity contribution in [1.29, 1.82) is 0 Å². The van der Waals surface area contributed by atoms with E-state index in [-0.39, 0.29) is 0 Å². The first-order valence-corrected chi connectivity index (χ1v) is 6.88. The van der Waals surface area contributed by atoms with Gasteiger partial charge in [-0.1, -0.05) is 11.8 Å². The Bertz CT molecular complexity index is 317. The molecule has 1 aromatic rings. The van der Waals surface area contributed by atoms with E-state index in [1.54, 1.807) is 11.8 Å². The van der Waals surface area contributed by atoms with Crippen LogP contribution in [0.15, 0.2) is 5.16 Å². The molecule has 0 saturated carbocycles. The van der Waals surface area contributed by atoms with Crippen molar-refractivity contribution in [1.82, 2.24) is 14.8 Å². The Kier molecular flexibility index (Phi) is 3.64. The van der Waals surface area contributed by atoms with E-state index in [1.807, 2.05) is 0 Å². The molecule has 0 unspecified atom stereocenters. The number of nitrogens with two attached hydrogens (primary N) is 1. The van der Waals surface area contributed by atoms with Gasteiger partial charge in [-0.3, -0.25) is 0 Å². The Morgan fingerprint density at radius 2 is 2.40 bits per heavy atom. The molecule has 4 nitrogen and oxygen atoms in total. The molecule has 1 aromatic heterocycles. The Hall–Kier alpha value is -0.550. The van der Waals surface area contributed by atoms with Crippen LogP contribution in [0.1, 0.15) is 31.5 Å². The number of quaternary nitrogens is 1. The Morgan fingerprint density at radius 1 is 1.53 bits per heavy atom. The van der Waals surface area contributed by atoms with Gasteiger partial charge in [0.1, 0.15) is 5.82 Å². The fourth-order valence-electron chi connectivity index (χ4n) is 2.23. The van der Waals surface area contributed by atoms with Crippen LogP contribution in [0, 0.1) is 0 Å². The minimum absolute atomic E-state index is 0.604. The molecule has 2 heterocycles. The first-order chi connectivity index (χ1) is 7.36. The molecule has 1 saturated heterocycles. The van der Waals surface area contributed by atoms with E-state index < -0.39 is 0 Å². The molecule has 0 radical (unpaired) electrons. The highest BCUT2D eigenvalue weighted by Gasteiger charge is 2.24. The highest BCUT2D eigenvalue weighted by atomic mass is 32.2. The Balaban J connectivity index is 2.22. The summed E-state index contributed by atoms with van der Waals surface area (Å²) in [6, 6.07) is 0. The average Bonchev–Trinajstić information content (AvgIpc) is 2.72. The molecule has 0 amide bonds. The molecule has 2 N–H and O–H groups in total. The molecule has 2 rings (SSSR count). The third-order valence-corrected chi connectivity index (χ3v) is 3.69. The van der Waals surface area contributed by atoms with Crippen LogP contribution in [0.3, 0.4) is 0 Å². The fourth-order valence-corrected chi connectivity index (χ4v) is 2.80. The summed E-state index contributed by atoms with van der Waals surface area (Å²) in [4.78, 5) is 0. The highest BCUT2D eigenvalue weighted by Crippen LogP contribution is 2.23. The molecule has 1 aliphatic rings. The molecule has 5 heteroatoms. The third-order valence-electron chi connectivity index (χ3n) is 3.02. The predicted octanol–water partition coefficient (Wildman–Crippen LogP) is 0.461. The zero-order valence-corrected chi connectivity index (χ0v) is 10.3. The Labute approximate surface area is 94.8 Å². The third kappa shape index (κ3) is 2.18. The maximum absolute atomic E-state index is 4.35. The number of thioether (sulfide) groups is 1. The molecule has 15 heavy (non-hydrogen) atoms. The van der Waals surface area contributed by atoms with E-state index in [1.165, 1.54) is 31.8 Å². The lowest BCUT2D eigenvalue weighted by Gasteiger charge is -2.19. The van der Waals surface area contributed by atoms with Gasteiger partial charge in [0.05, 0.1) is 19.0 Å². The SMILES string of the molecule is CCn1c(SC)nnc1[C@H]1CCC[NH2+]C1. The molecule has 1 aliphatic heterocycles. The molecule has 0 spiro atoms. The van der Waals surface area contributed by atoms with Crippen molar-refractivity contribution in [2.45, 2.75) is 37.4 Å². The molecule has 1 fully saturated rings. The van der Waals surface area contributed by atoms with Gasteiger partial charge in [0.2, 0.25) is 0 Å². The molecule has 1 atom stereocenters. The summed E-state index contributed by atoms with van der Waals surface area (Å²) in [5.41, 5.74) is 0. The summed E-state index contributed by atoms with van der Waals surface area (Å²) >= 11 is 1.68. The monoisotopic (exact) mass is 227 g/mol. The largest absolute Gasteiger partial charge is 0.346 e. The van der Waals surface area contributed by atoms with Crippen molar-refractivity contribution >= 4 is 11.8 Å². The van der Waals surface area contributed by atoms with Gasteiger partial charge in [-0.25, -0.2) is 0 Å². The van der Waals surface area contributed by atoms with Gasteiger partial charge < -0.3 is 9.88 Å². The number of piperidine rings is 1. The van der Waals surface area contributed by atoms with Gasteiger partial charge in [0, 0.05) is 6.54 Å². The molecular weight excluding hydrogens is 208 g/mol. The smallest absolute Gasteiger partial charge is 0.190 e. The molecule has 0 bridgehead atoms. The second-order valence-electron chi connectivity index (χ2n) is 3.94. The highest BCUT2D eigenvalue weighted by molar-refractivity contribution is 7.98. The van der Waals surface area contributed by atoms with E-state index in [0.717, 1.165) is 11.7 Å². The number of nitrogens with zero attached hydrogens (tertiary/aromatic N) is 3. The van der Waals surface area contributed by atoms with Crippen molar-refractivity contribution in [2.24, 2.45) is 0 Å². The van der Waals surface area contributed by atoms with E-state index in [4.69, 9.17) is 0 Å². The molecule has 0 aromatic carbocycles. The van der Waals surface area contributed by atoms with Gasteiger partial charge in [-0.15, -0.1) is 10.2 Å². The summed E-state index contributed by atoms with van der Waals surface area (Å²) in [5, 5.41) is 12.0. The van der Waals surface area contributed by atoms with Crippen LogP contribution in [0.4, 0.5) is 0 Å². The van der Waals surface area contributed by atoms with Crippen LogP contribution in [0.5, 0.6) is 0 Å². The second-order valence-corrected chi connectivity index (χ2v) is 4.71. The van der Waals surface area contributed by atoms with E-state index >= 15 is 0 Å². The van der Waals surface area contributed by atoms with Crippen LogP contribution in [-0.4, -0.2) is 34.1 Å². The minimum Gasteiger partial charge on any atom is -0.346 e. The second kappa shape index (κ2) is 4.99. The topological polar surface area (TPSA) is 47.3 Å². The van der Waals surface area contributed by atoms with Gasteiger partial charge in [0.25, 0.3) is 0 Å². The number of aromatic nitrogens is 3. The summed E-state index contributed by atoms with van der Waals surface area (Å²) < 4.78 is 2.26. The van der Waals surface area contributed by atoms with Crippen molar-refractivity contribution in [3.8, 4) is 0 Å². The normalized spacial score (nSPS) is 21.9. The number of hydrogen-bond acceptors (Lipinski definition) is 3. The van der Waals surface area contributed by atoms with Crippen LogP contribution in [-0.2, 0) is 6.54 Å². The van der Waals surface area contributed by atoms with Gasteiger partial charge in [0.15, 0.2) is 5.16 Å². The summed E-state index contributed by atoms with van der Waals surface area (Å²) in [5.74, 6) is 1.80. The van der Waals surface area contributed by atoms with Gasteiger partial charge >= 0.3 is 0 Å². The van der Waals surface area contributed by atoms with Crippen molar-refractivity contribution in [2.75, 3.05) is 19.3 Å².